The summed E-state index contributed by atoms with van der Waals surface area (Å²) in [7, 11) is 2.07. The minimum atomic E-state index is -0.116. The highest BCUT2D eigenvalue weighted by Crippen LogP contribution is 2.30. The SMILES string of the molecule is Cc1c(N)nc(C(C)(C)C)nc1N(C)C1CCOC1C. The summed E-state index contributed by atoms with van der Waals surface area (Å²) in [6.45, 7) is 11.2. The number of likely N-dealkylation sites (N-methyl/N-ethyl adjacent to an activating group) is 1. The molecule has 5 nitrogen and oxygen atoms in total. The second-order valence-corrected chi connectivity index (χ2v) is 6.67. The number of nitrogen functional groups attached to an aromatic ring is 1. The molecule has 2 unspecified atom stereocenters. The molecule has 0 aliphatic carbocycles. The third-order valence-electron chi connectivity index (χ3n) is 4.00. The number of rotatable bonds is 2. The van der Waals surface area contributed by atoms with Crippen LogP contribution in [-0.2, 0) is 10.2 Å². The predicted molar refractivity (Wildman–Crippen MR) is 82.1 cm³/mol. The highest BCUT2D eigenvalue weighted by atomic mass is 16.5. The summed E-state index contributed by atoms with van der Waals surface area (Å²) < 4.78 is 5.66. The van der Waals surface area contributed by atoms with Gasteiger partial charge in [-0.3, -0.25) is 0 Å². The molecule has 1 aromatic rings. The van der Waals surface area contributed by atoms with Crippen molar-refractivity contribution in [2.45, 2.75) is 58.6 Å². The van der Waals surface area contributed by atoms with E-state index in [-0.39, 0.29) is 11.5 Å². The van der Waals surface area contributed by atoms with Gasteiger partial charge in [0.25, 0.3) is 0 Å². The van der Waals surface area contributed by atoms with Crippen molar-refractivity contribution in [1.82, 2.24) is 9.97 Å². The van der Waals surface area contributed by atoms with E-state index in [1.807, 2.05) is 6.92 Å². The Morgan fingerprint density at radius 2 is 1.95 bits per heavy atom. The first kappa shape index (κ1) is 15.0. The predicted octanol–water partition coefficient (Wildman–Crippen LogP) is 2.28. The average Bonchev–Trinajstić information content (AvgIpc) is 2.76. The van der Waals surface area contributed by atoms with Crippen LogP contribution in [0, 0.1) is 6.92 Å². The molecule has 2 N–H and O–H groups in total. The number of hydrogen-bond donors (Lipinski definition) is 1. The van der Waals surface area contributed by atoms with Crippen LogP contribution >= 0.6 is 0 Å². The summed E-state index contributed by atoms with van der Waals surface area (Å²) in [6, 6.07) is 0.343. The third kappa shape index (κ3) is 2.73. The lowest BCUT2D eigenvalue weighted by molar-refractivity contribution is 0.118. The van der Waals surface area contributed by atoms with E-state index in [2.05, 4.69) is 44.6 Å². The van der Waals surface area contributed by atoms with Crippen molar-refractivity contribution in [2.24, 2.45) is 0 Å². The summed E-state index contributed by atoms with van der Waals surface area (Å²) in [5.74, 6) is 2.28. The van der Waals surface area contributed by atoms with Crippen molar-refractivity contribution in [3.63, 3.8) is 0 Å². The first-order valence-corrected chi connectivity index (χ1v) is 7.21. The van der Waals surface area contributed by atoms with Crippen molar-refractivity contribution < 1.29 is 4.74 Å². The van der Waals surface area contributed by atoms with Gasteiger partial charge in [-0.25, -0.2) is 9.97 Å². The molecule has 0 bridgehead atoms. The lowest BCUT2D eigenvalue weighted by Gasteiger charge is -2.30. The van der Waals surface area contributed by atoms with Gasteiger partial charge in [-0.05, 0) is 20.3 Å². The molecule has 1 fully saturated rings. The van der Waals surface area contributed by atoms with E-state index in [1.54, 1.807) is 0 Å². The number of anilines is 2. The second-order valence-electron chi connectivity index (χ2n) is 6.67. The number of aromatic nitrogens is 2. The molecule has 1 saturated heterocycles. The maximum Gasteiger partial charge on any atom is 0.138 e. The molecule has 0 aromatic carbocycles. The summed E-state index contributed by atoms with van der Waals surface area (Å²) >= 11 is 0. The van der Waals surface area contributed by atoms with Gasteiger partial charge in [0, 0.05) is 24.6 Å². The van der Waals surface area contributed by atoms with Crippen molar-refractivity contribution >= 4 is 11.6 Å². The molecule has 5 heteroatoms. The van der Waals surface area contributed by atoms with Gasteiger partial charge in [0.1, 0.15) is 17.5 Å². The topological polar surface area (TPSA) is 64.3 Å². The molecule has 0 amide bonds. The summed E-state index contributed by atoms with van der Waals surface area (Å²) in [5.41, 5.74) is 6.91. The van der Waals surface area contributed by atoms with Gasteiger partial charge in [-0.15, -0.1) is 0 Å². The number of ether oxygens (including phenoxy) is 1. The van der Waals surface area contributed by atoms with Crippen LogP contribution in [0.1, 0.15) is 45.5 Å². The lowest BCUT2D eigenvalue weighted by atomic mass is 9.95. The van der Waals surface area contributed by atoms with E-state index in [9.17, 15) is 0 Å². The van der Waals surface area contributed by atoms with Crippen LogP contribution in [0.3, 0.4) is 0 Å². The minimum Gasteiger partial charge on any atom is -0.383 e. The normalized spacial score (nSPS) is 23.1. The Morgan fingerprint density at radius 1 is 1.30 bits per heavy atom. The molecule has 1 aliphatic rings. The van der Waals surface area contributed by atoms with Gasteiger partial charge in [0.2, 0.25) is 0 Å². The van der Waals surface area contributed by atoms with Crippen LogP contribution in [0.4, 0.5) is 11.6 Å². The zero-order valence-electron chi connectivity index (χ0n) is 13.4. The van der Waals surface area contributed by atoms with Gasteiger partial charge >= 0.3 is 0 Å². The smallest absolute Gasteiger partial charge is 0.138 e. The van der Waals surface area contributed by atoms with Crippen molar-refractivity contribution in [3.05, 3.63) is 11.4 Å². The Balaban J connectivity index is 2.42. The molecule has 1 aromatic heterocycles. The summed E-state index contributed by atoms with van der Waals surface area (Å²) in [5, 5.41) is 0. The number of nitrogens with two attached hydrogens (primary N) is 1. The molecular formula is C15H26N4O. The fourth-order valence-electron chi connectivity index (χ4n) is 2.59. The van der Waals surface area contributed by atoms with Crippen molar-refractivity contribution in [3.8, 4) is 0 Å². The van der Waals surface area contributed by atoms with Crippen LogP contribution in [0.2, 0.25) is 0 Å². The molecule has 2 atom stereocenters. The summed E-state index contributed by atoms with van der Waals surface area (Å²) in [4.78, 5) is 11.4. The highest BCUT2D eigenvalue weighted by molar-refractivity contribution is 5.57. The Kier molecular flexibility index (Phi) is 3.91. The first-order chi connectivity index (χ1) is 9.21. The zero-order valence-corrected chi connectivity index (χ0v) is 13.4. The molecule has 20 heavy (non-hydrogen) atoms. The molecule has 2 rings (SSSR count). The van der Waals surface area contributed by atoms with Crippen molar-refractivity contribution in [1.29, 1.82) is 0 Å². The van der Waals surface area contributed by atoms with Crippen LogP contribution in [0.25, 0.3) is 0 Å². The van der Waals surface area contributed by atoms with Crippen LogP contribution in [-0.4, -0.2) is 35.8 Å². The highest BCUT2D eigenvalue weighted by Gasteiger charge is 2.31. The van der Waals surface area contributed by atoms with Crippen molar-refractivity contribution in [2.75, 3.05) is 24.3 Å². The molecule has 0 radical (unpaired) electrons. The minimum absolute atomic E-state index is 0.116. The Hall–Kier alpha value is -1.36. The first-order valence-electron chi connectivity index (χ1n) is 7.21. The quantitative estimate of drug-likeness (QED) is 0.899. The Bertz CT molecular complexity index is 495. The molecule has 112 valence electrons. The molecular weight excluding hydrogens is 252 g/mol. The van der Waals surface area contributed by atoms with E-state index in [4.69, 9.17) is 15.5 Å². The van der Waals surface area contributed by atoms with Gasteiger partial charge in [0.15, 0.2) is 0 Å². The largest absolute Gasteiger partial charge is 0.383 e. The van der Waals surface area contributed by atoms with Crippen LogP contribution in [0.15, 0.2) is 0 Å². The standard InChI is InChI=1S/C15H26N4O/c1-9-12(16)17-14(15(3,4)5)18-13(9)19(6)11-7-8-20-10(11)2/h10-11H,7-8H2,1-6H3,(H2,16,17,18). The second kappa shape index (κ2) is 5.20. The third-order valence-corrected chi connectivity index (χ3v) is 4.00. The van der Waals surface area contributed by atoms with E-state index in [0.717, 1.165) is 30.2 Å². The fraction of sp³-hybridized carbons (Fsp3) is 0.733. The molecule has 0 spiro atoms. The number of nitrogens with zero attached hydrogens (tertiary/aromatic N) is 3. The molecule has 2 heterocycles. The average molecular weight is 278 g/mol. The van der Waals surface area contributed by atoms with E-state index in [1.165, 1.54) is 0 Å². The number of hydrogen-bond acceptors (Lipinski definition) is 5. The van der Waals surface area contributed by atoms with E-state index in [0.29, 0.717) is 11.9 Å². The van der Waals surface area contributed by atoms with E-state index >= 15 is 0 Å². The Labute approximate surface area is 121 Å². The lowest BCUT2D eigenvalue weighted by Crippen LogP contribution is -2.38. The Morgan fingerprint density at radius 3 is 2.45 bits per heavy atom. The zero-order chi connectivity index (χ0) is 15.1. The van der Waals surface area contributed by atoms with Gasteiger partial charge in [0.05, 0.1) is 12.1 Å². The van der Waals surface area contributed by atoms with Crippen LogP contribution in [0.5, 0.6) is 0 Å². The maximum atomic E-state index is 6.08. The fourth-order valence-corrected chi connectivity index (χ4v) is 2.59. The van der Waals surface area contributed by atoms with Gasteiger partial charge in [-0.2, -0.15) is 0 Å². The van der Waals surface area contributed by atoms with Crippen LogP contribution < -0.4 is 10.6 Å². The monoisotopic (exact) mass is 278 g/mol. The maximum absolute atomic E-state index is 6.08. The van der Waals surface area contributed by atoms with Gasteiger partial charge < -0.3 is 15.4 Å². The van der Waals surface area contributed by atoms with Gasteiger partial charge in [-0.1, -0.05) is 20.8 Å². The van der Waals surface area contributed by atoms with E-state index < -0.39 is 0 Å². The molecule has 1 aliphatic heterocycles. The summed E-state index contributed by atoms with van der Waals surface area (Å²) in [6.07, 6.45) is 1.24. The molecule has 0 saturated carbocycles.